The summed E-state index contributed by atoms with van der Waals surface area (Å²) in [4.78, 5) is 32.0. The largest absolute Gasteiger partial charge is 0.365 e. The minimum absolute atomic E-state index is 0.260. The summed E-state index contributed by atoms with van der Waals surface area (Å²) in [5, 5.41) is 4.37. The van der Waals surface area contributed by atoms with Gasteiger partial charge in [-0.2, -0.15) is 0 Å². The van der Waals surface area contributed by atoms with E-state index in [0.29, 0.717) is 22.0 Å². The number of carbonyl (C=O) groups excluding carboxylic acids is 2. The van der Waals surface area contributed by atoms with E-state index in [4.69, 9.17) is 10.7 Å². The first-order valence-electron chi connectivity index (χ1n) is 12.1. The minimum atomic E-state index is -0.485. The van der Waals surface area contributed by atoms with E-state index < -0.39 is 5.91 Å². The average Bonchev–Trinajstić information content (AvgIpc) is 3.21. The number of nitrogens with zero attached hydrogens (tertiary/aromatic N) is 1. The Morgan fingerprint density at radius 3 is 2.49 bits per heavy atom. The lowest BCUT2D eigenvalue weighted by molar-refractivity contribution is 0.100. The van der Waals surface area contributed by atoms with E-state index in [0.717, 1.165) is 63.8 Å². The van der Waals surface area contributed by atoms with Crippen LogP contribution in [0.15, 0.2) is 48.5 Å². The van der Waals surface area contributed by atoms with Gasteiger partial charge >= 0.3 is 0 Å². The van der Waals surface area contributed by atoms with Crippen LogP contribution in [0.2, 0.25) is 0 Å². The van der Waals surface area contributed by atoms with Crippen LogP contribution in [0.3, 0.4) is 0 Å². The molecule has 0 bridgehead atoms. The molecule has 0 fully saturated rings. The third-order valence-corrected chi connectivity index (χ3v) is 7.93. The molecule has 2 heterocycles. The van der Waals surface area contributed by atoms with Gasteiger partial charge in [0.2, 0.25) is 0 Å². The van der Waals surface area contributed by atoms with E-state index in [-0.39, 0.29) is 5.91 Å². The van der Waals surface area contributed by atoms with Crippen LogP contribution in [-0.2, 0) is 12.8 Å². The Hall–Kier alpha value is -3.51. The van der Waals surface area contributed by atoms with Gasteiger partial charge < -0.3 is 11.1 Å². The van der Waals surface area contributed by atoms with Crippen molar-refractivity contribution >= 4 is 39.1 Å². The first-order valence-corrected chi connectivity index (χ1v) is 12.9. The molecule has 3 N–H and O–H groups in total. The topological polar surface area (TPSA) is 85.1 Å². The van der Waals surface area contributed by atoms with E-state index in [2.05, 4.69) is 43.4 Å². The highest BCUT2D eigenvalue weighted by molar-refractivity contribution is 7.17. The molecule has 2 amide bonds. The molecule has 178 valence electrons. The summed E-state index contributed by atoms with van der Waals surface area (Å²) in [5.41, 5.74) is 12.5. The van der Waals surface area contributed by atoms with E-state index in [9.17, 15) is 9.59 Å². The lowest BCUT2D eigenvalue weighted by Gasteiger charge is -2.13. The molecule has 1 aliphatic carbocycles. The second-order valence-electron chi connectivity index (χ2n) is 9.59. The van der Waals surface area contributed by atoms with Crippen LogP contribution >= 0.6 is 11.3 Å². The molecule has 6 heteroatoms. The Morgan fingerprint density at radius 2 is 1.77 bits per heavy atom. The van der Waals surface area contributed by atoms with Crippen LogP contribution in [0.4, 0.5) is 5.00 Å². The molecule has 0 unspecified atom stereocenters. The van der Waals surface area contributed by atoms with E-state index in [1.807, 2.05) is 31.2 Å². The number of aryl methyl sites for hydroxylation is 2. The molecule has 5 rings (SSSR count). The highest BCUT2D eigenvalue weighted by atomic mass is 32.1. The minimum Gasteiger partial charge on any atom is -0.365 e. The molecular formula is C29H29N3O2S. The Bertz CT molecular complexity index is 1450. The van der Waals surface area contributed by atoms with Crippen molar-refractivity contribution in [2.24, 2.45) is 5.73 Å². The zero-order valence-electron chi connectivity index (χ0n) is 20.3. The summed E-state index contributed by atoms with van der Waals surface area (Å²) in [6, 6.07) is 16.1. The maximum absolute atomic E-state index is 13.7. The first-order chi connectivity index (χ1) is 16.8. The van der Waals surface area contributed by atoms with Crippen LogP contribution in [0, 0.1) is 6.92 Å². The number of nitrogens with one attached hydrogen (secondary N) is 1. The lowest BCUT2D eigenvalue weighted by atomic mass is 9.95. The number of carbonyl (C=O) groups is 2. The number of fused-ring (bicyclic) bond motifs is 2. The fourth-order valence-corrected chi connectivity index (χ4v) is 6.09. The van der Waals surface area contributed by atoms with Gasteiger partial charge in [-0.25, -0.2) is 4.98 Å². The Kier molecular flexibility index (Phi) is 6.15. The summed E-state index contributed by atoms with van der Waals surface area (Å²) in [6.07, 6.45) is 3.87. The fourth-order valence-electron chi connectivity index (χ4n) is 4.80. The van der Waals surface area contributed by atoms with Crippen LogP contribution in [0.1, 0.15) is 74.9 Å². The number of nitrogens with two attached hydrogens (primary N) is 1. The van der Waals surface area contributed by atoms with Gasteiger partial charge in [-0.3, -0.25) is 9.59 Å². The standard InChI is InChI=1S/C29H29N3O2S/c1-16(2)18-9-11-19(12-10-18)24-15-22(21-14-17(3)8-13-23(21)31-24)28(34)32-29-26(27(30)33)20-6-4-5-7-25(20)35-29/h8-16H,4-7H2,1-3H3,(H2,30,33)(H,32,34). The number of anilines is 1. The predicted octanol–water partition coefficient (Wildman–Crippen LogP) is 6.63. The van der Waals surface area contributed by atoms with Crippen molar-refractivity contribution in [2.45, 2.75) is 52.4 Å². The smallest absolute Gasteiger partial charge is 0.257 e. The summed E-state index contributed by atoms with van der Waals surface area (Å²) in [6.45, 7) is 6.33. The molecule has 35 heavy (non-hydrogen) atoms. The number of pyridine rings is 1. The van der Waals surface area contributed by atoms with Gasteiger partial charge in [-0.1, -0.05) is 49.7 Å². The number of rotatable bonds is 5. The van der Waals surface area contributed by atoms with Crippen molar-refractivity contribution in [3.63, 3.8) is 0 Å². The predicted molar refractivity (Wildman–Crippen MR) is 143 cm³/mol. The first kappa shape index (κ1) is 23.2. The Morgan fingerprint density at radius 1 is 1.03 bits per heavy atom. The normalized spacial score (nSPS) is 13.1. The van der Waals surface area contributed by atoms with Crippen LogP contribution in [-0.4, -0.2) is 16.8 Å². The van der Waals surface area contributed by atoms with Crippen molar-refractivity contribution in [1.82, 2.24) is 4.98 Å². The van der Waals surface area contributed by atoms with E-state index >= 15 is 0 Å². The molecule has 0 radical (unpaired) electrons. The maximum Gasteiger partial charge on any atom is 0.257 e. The van der Waals surface area contributed by atoms with Gasteiger partial charge in [0.15, 0.2) is 0 Å². The average molecular weight is 484 g/mol. The van der Waals surface area contributed by atoms with Crippen molar-refractivity contribution in [3.8, 4) is 11.3 Å². The van der Waals surface area contributed by atoms with Crippen molar-refractivity contribution in [3.05, 3.63) is 81.2 Å². The molecule has 5 nitrogen and oxygen atoms in total. The highest BCUT2D eigenvalue weighted by Crippen LogP contribution is 2.38. The molecule has 2 aromatic carbocycles. The second-order valence-corrected chi connectivity index (χ2v) is 10.7. The van der Waals surface area contributed by atoms with Gasteiger partial charge in [-0.15, -0.1) is 11.3 Å². The molecule has 1 aliphatic rings. The van der Waals surface area contributed by atoms with Gasteiger partial charge in [0.25, 0.3) is 11.8 Å². The summed E-state index contributed by atoms with van der Waals surface area (Å²) < 4.78 is 0. The van der Waals surface area contributed by atoms with Crippen LogP contribution < -0.4 is 11.1 Å². The summed E-state index contributed by atoms with van der Waals surface area (Å²) in [5.74, 6) is -0.306. The number of aromatic nitrogens is 1. The molecule has 2 aromatic heterocycles. The molecule has 0 saturated carbocycles. The fraction of sp³-hybridized carbons (Fsp3) is 0.276. The van der Waals surface area contributed by atoms with E-state index in [1.54, 1.807) is 0 Å². The quantitative estimate of drug-likeness (QED) is 0.334. The Labute approximate surface area is 209 Å². The zero-order chi connectivity index (χ0) is 24.7. The van der Waals surface area contributed by atoms with Gasteiger partial charge in [-0.05, 0) is 67.9 Å². The van der Waals surface area contributed by atoms with Crippen molar-refractivity contribution < 1.29 is 9.59 Å². The molecule has 4 aromatic rings. The van der Waals surface area contributed by atoms with E-state index in [1.165, 1.54) is 16.9 Å². The molecule has 0 spiro atoms. The molecule has 0 aliphatic heterocycles. The third-order valence-electron chi connectivity index (χ3n) is 6.73. The number of benzene rings is 2. The number of hydrogen-bond acceptors (Lipinski definition) is 4. The van der Waals surface area contributed by atoms with Gasteiger partial charge in [0.1, 0.15) is 5.00 Å². The SMILES string of the molecule is Cc1ccc2nc(-c3ccc(C(C)C)cc3)cc(C(=O)Nc3sc4c(c3C(N)=O)CCCC4)c2c1. The zero-order valence-corrected chi connectivity index (χ0v) is 21.1. The summed E-state index contributed by atoms with van der Waals surface area (Å²) >= 11 is 1.48. The van der Waals surface area contributed by atoms with Gasteiger partial charge in [0, 0.05) is 15.8 Å². The lowest BCUT2D eigenvalue weighted by Crippen LogP contribution is -2.19. The van der Waals surface area contributed by atoms with Crippen molar-refractivity contribution in [1.29, 1.82) is 0 Å². The van der Waals surface area contributed by atoms with Crippen LogP contribution in [0.25, 0.3) is 22.2 Å². The molecule has 0 saturated heterocycles. The second kappa shape index (κ2) is 9.27. The van der Waals surface area contributed by atoms with Crippen LogP contribution in [0.5, 0.6) is 0 Å². The number of amides is 2. The number of thiophene rings is 1. The number of primary amides is 1. The highest BCUT2D eigenvalue weighted by Gasteiger charge is 2.26. The monoisotopic (exact) mass is 483 g/mol. The van der Waals surface area contributed by atoms with Crippen molar-refractivity contribution in [2.75, 3.05) is 5.32 Å². The molecular weight excluding hydrogens is 454 g/mol. The maximum atomic E-state index is 13.7. The van der Waals surface area contributed by atoms with Gasteiger partial charge in [0.05, 0.1) is 22.3 Å². The third kappa shape index (κ3) is 4.46. The number of hydrogen-bond donors (Lipinski definition) is 2. The molecule has 0 atom stereocenters. The Balaban J connectivity index is 1.59. The summed E-state index contributed by atoms with van der Waals surface area (Å²) in [7, 11) is 0.